The van der Waals surface area contributed by atoms with E-state index in [4.69, 9.17) is 38.7 Å². The highest BCUT2D eigenvalue weighted by molar-refractivity contribution is 7.85. The smallest absolute Gasteiger partial charge is 0.385 e. The predicted octanol–water partition coefficient (Wildman–Crippen LogP) is -0.426. The van der Waals surface area contributed by atoms with E-state index >= 15 is 0 Å². The van der Waals surface area contributed by atoms with Crippen molar-refractivity contribution in [2.45, 2.75) is 24.5 Å². The summed E-state index contributed by atoms with van der Waals surface area (Å²) >= 11 is 5.82. The van der Waals surface area contributed by atoms with Crippen LogP contribution >= 0.6 is 19.4 Å². The molecule has 0 spiro atoms. The van der Waals surface area contributed by atoms with Crippen LogP contribution in [-0.2, 0) is 13.8 Å². The van der Waals surface area contributed by atoms with Crippen LogP contribution in [0, 0.1) is 0 Å². The molecular formula is C10H11BClN5O5P+. The van der Waals surface area contributed by atoms with Gasteiger partial charge in [0.15, 0.2) is 23.8 Å². The summed E-state index contributed by atoms with van der Waals surface area (Å²) < 4.78 is 17.4. The zero-order valence-electron chi connectivity index (χ0n) is 11.5. The van der Waals surface area contributed by atoms with Crippen LogP contribution in [-0.4, -0.2) is 62.0 Å². The Kier molecular flexibility index (Phi) is 3.51. The quantitative estimate of drug-likeness (QED) is 0.352. The van der Waals surface area contributed by atoms with Gasteiger partial charge in [-0.3, -0.25) is 4.57 Å². The van der Waals surface area contributed by atoms with Crippen molar-refractivity contribution >= 4 is 44.0 Å². The normalized spacial score (nSPS) is 37.2. The first-order chi connectivity index (χ1) is 10.9. The summed E-state index contributed by atoms with van der Waals surface area (Å²) in [7, 11) is 2.03. The highest BCUT2D eigenvalue weighted by atomic mass is 35.5. The van der Waals surface area contributed by atoms with Gasteiger partial charge in [0.2, 0.25) is 5.28 Å². The molecule has 120 valence electrons. The number of hydrogen-bond donors (Lipinski definition) is 3. The van der Waals surface area contributed by atoms with Gasteiger partial charge in [0.1, 0.15) is 24.3 Å². The van der Waals surface area contributed by atoms with Crippen LogP contribution < -0.4 is 5.73 Å². The molecule has 2 unspecified atom stereocenters. The van der Waals surface area contributed by atoms with E-state index in [0.29, 0.717) is 11.2 Å². The number of fused-ring (bicyclic) bond motifs is 2. The molecule has 10 nitrogen and oxygen atoms in total. The van der Waals surface area contributed by atoms with Gasteiger partial charge >= 0.3 is 15.4 Å². The summed E-state index contributed by atoms with van der Waals surface area (Å²) in [6.45, 7) is 0.00349. The Balaban J connectivity index is 1.72. The van der Waals surface area contributed by atoms with E-state index in [2.05, 4.69) is 15.0 Å². The third-order valence-electron chi connectivity index (χ3n) is 3.70. The van der Waals surface area contributed by atoms with Crippen LogP contribution in [0.2, 0.25) is 5.28 Å². The second-order valence-corrected chi connectivity index (χ2v) is 7.12. The monoisotopic (exact) mass is 358 g/mol. The number of nitrogens with zero attached hydrogens (tertiary/aromatic N) is 4. The largest absolute Gasteiger partial charge is 0.488 e. The first-order valence-corrected chi connectivity index (χ1v) is 8.60. The van der Waals surface area contributed by atoms with Crippen LogP contribution in [0.25, 0.3) is 11.2 Å². The lowest BCUT2D eigenvalue weighted by Crippen LogP contribution is -2.40. The van der Waals surface area contributed by atoms with Gasteiger partial charge in [-0.1, -0.05) is 0 Å². The first-order valence-electron chi connectivity index (χ1n) is 6.58. The number of aromatic nitrogens is 4. The predicted molar refractivity (Wildman–Crippen MR) is 80.4 cm³/mol. The summed E-state index contributed by atoms with van der Waals surface area (Å²) in [6.07, 6.45) is -2.01. The Morgan fingerprint density at radius 3 is 3.04 bits per heavy atom. The van der Waals surface area contributed by atoms with E-state index in [9.17, 15) is 10.00 Å². The lowest BCUT2D eigenvalue weighted by Gasteiger charge is -2.27. The molecule has 4 rings (SSSR count). The highest BCUT2D eigenvalue weighted by Crippen LogP contribution is 2.58. The molecule has 2 aliphatic rings. The van der Waals surface area contributed by atoms with Gasteiger partial charge in [-0.15, -0.1) is 0 Å². The number of imidazole rings is 1. The van der Waals surface area contributed by atoms with Gasteiger partial charge in [0.05, 0.1) is 6.33 Å². The fraction of sp³-hybridized carbons (Fsp3) is 0.500. The molecule has 23 heavy (non-hydrogen) atoms. The molecule has 0 aliphatic carbocycles. The Morgan fingerprint density at radius 1 is 1.48 bits per heavy atom. The lowest BCUT2D eigenvalue weighted by molar-refractivity contribution is -0.0603. The minimum Gasteiger partial charge on any atom is -0.385 e. The third kappa shape index (κ3) is 2.49. The average molecular weight is 358 g/mol. The maximum Gasteiger partial charge on any atom is 0.488 e. The van der Waals surface area contributed by atoms with Crippen LogP contribution in [0.1, 0.15) is 6.23 Å². The summed E-state index contributed by atoms with van der Waals surface area (Å²) in [5.74, 6) is 0.116. The minimum atomic E-state index is -3.44. The maximum atomic E-state index is 10.5. The number of aliphatic hydroxyl groups excluding tert-OH is 1. The SMILES string of the molecule is [B][P+]1(O)OC[C@H]2O[C@@H](n3cnc4c(N)nc(Cl)nc43)C(O)[C@H]2O1. The molecule has 0 bridgehead atoms. The van der Waals surface area contributed by atoms with E-state index in [1.54, 1.807) is 0 Å². The van der Waals surface area contributed by atoms with Crippen molar-refractivity contribution in [2.24, 2.45) is 0 Å². The van der Waals surface area contributed by atoms with Gasteiger partial charge in [0.25, 0.3) is 0 Å². The third-order valence-corrected chi connectivity index (χ3v) is 4.93. The molecule has 0 aromatic carbocycles. The van der Waals surface area contributed by atoms with Crippen molar-refractivity contribution in [1.82, 2.24) is 19.5 Å². The average Bonchev–Trinajstić information content (AvgIpc) is 3.00. The molecule has 0 saturated carbocycles. The van der Waals surface area contributed by atoms with Crippen molar-refractivity contribution in [3.8, 4) is 0 Å². The number of nitrogens with two attached hydrogens (primary N) is 1. The molecular weight excluding hydrogens is 347 g/mol. The molecule has 13 heteroatoms. The van der Waals surface area contributed by atoms with E-state index in [-0.39, 0.29) is 17.7 Å². The van der Waals surface area contributed by atoms with Crippen LogP contribution in [0.3, 0.4) is 0 Å². The van der Waals surface area contributed by atoms with Gasteiger partial charge in [0, 0.05) is 0 Å². The number of ether oxygens (including phenoxy) is 1. The van der Waals surface area contributed by atoms with Crippen molar-refractivity contribution in [3.63, 3.8) is 0 Å². The number of halogens is 1. The molecule has 2 aliphatic heterocycles. The molecule has 2 saturated heterocycles. The summed E-state index contributed by atoms with van der Waals surface area (Å²) in [5, 5.41) is 10.4. The molecule has 5 atom stereocenters. The zero-order valence-corrected chi connectivity index (χ0v) is 13.1. The topological polar surface area (TPSA) is 138 Å². The second kappa shape index (κ2) is 5.22. The number of nitrogen functional groups attached to an aromatic ring is 1. The summed E-state index contributed by atoms with van der Waals surface area (Å²) in [6, 6.07) is 0. The first kappa shape index (κ1) is 15.5. The fourth-order valence-electron chi connectivity index (χ4n) is 2.70. The standard InChI is InChI=1S/C10H11BClN5O5P/c11-23(19)20-1-3-6(22-23)5(18)9(21-3)17-2-14-4-7(13)15-10(12)16-8(4)17/h2-3,5-6,9,18-19H,1H2,(H2,13,15,16)/q+1/t3-,5?,6+,9-,23?/m1/s1. The molecule has 2 radical (unpaired) electrons. The van der Waals surface area contributed by atoms with Crippen molar-refractivity contribution in [1.29, 1.82) is 0 Å². The number of aliphatic hydroxyl groups is 1. The Morgan fingerprint density at radius 2 is 2.26 bits per heavy atom. The summed E-state index contributed by atoms with van der Waals surface area (Å²) in [4.78, 5) is 21.7. The van der Waals surface area contributed by atoms with Crippen LogP contribution in [0.5, 0.6) is 0 Å². The lowest BCUT2D eigenvalue weighted by atomic mass is 10.1. The van der Waals surface area contributed by atoms with E-state index in [1.807, 2.05) is 0 Å². The number of rotatable bonds is 1. The number of anilines is 1. The molecule has 2 aromatic rings. The Labute approximate surface area is 136 Å². The van der Waals surface area contributed by atoms with Crippen molar-refractivity contribution in [3.05, 3.63) is 11.6 Å². The summed E-state index contributed by atoms with van der Waals surface area (Å²) in [5.41, 5.74) is 6.39. The Hall–Kier alpha value is -1.07. The van der Waals surface area contributed by atoms with Gasteiger partial charge < -0.3 is 15.6 Å². The van der Waals surface area contributed by atoms with Crippen LogP contribution in [0.15, 0.2) is 6.33 Å². The van der Waals surface area contributed by atoms with Crippen LogP contribution in [0.4, 0.5) is 5.82 Å². The fourth-order valence-corrected chi connectivity index (χ4v) is 3.90. The molecule has 0 amide bonds. The molecule has 4 heterocycles. The Bertz CT molecular complexity index is 777. The van der Waals surface area contributed by atoms with Gasteiger partial charge in [-0.25, -0.2) is 9.88 Å². The highest BCUT2D eigenvalue weighted by Gasteiger charge is 2.56. The van der Waals surface area contributed by atoms with Crippen molar-refractivity contribution in [2.75, 3.05) is 12.3 Å². The van der Waals surface area contributed by atoms with E-state index in [1.165, 1.54) is 10.9 Å². The molecule has 2 fully saturated rings. The van der Waals surface area contributed by atoms with Gasteiger partial charge in [-0.05, 0) is 11.6 Å². The minimum absolute atomic E-state index is 0.00349. The van der Waals surface area contributed by atoms with Gasteiger partial charge in [-0.2, -0.15) is 19.0 Å². The number of hydrogen-bond acceptors (Lipinski definition) is 9. The molecule has 2 aromatic heterocycles. The zero-order chi connectivity index (χ0) is 16.4. The maximum absolute atomic E-state index is 10.5. The second-order valence-electron chi connectivity index (χ2n) is 5.19. The van der Waals surface area contributed by atoms with E-state index in [0.717, 1.165) is 0 Å². The van der Waals surface area contributed by atoms with E-state index < -0.39 is 32.4 Å². The molecule has 4 N–H and O–H groups in total. The van der Waals surface area contributed by atoms with Crippen molar-refractivity contribution < 1.29 is 23.8 Å².